The van der Waals surface area contributed by atoms with Gasteiger partial charge < -0.3 is 19.7 Å². The number of aromatic amines is 1. The first-order valence-electron chi connectivity index (χ1n) is 8.42. The predicted molar refractivity (Wildman–Crippen MR) is 105 cm³/mol. The van der Waals surface area contributed by atoms with E-state index in [2.05, 4.69) is 14.9 Å². The SMILES string of the molecule is Cc1[nH]c(C=NO)c(-c2ccc(Oc3ccc(OC(F)(F)F)cc3)cc2)c(=O)c1Cl. The summed E-state index contributed by atoms with van der Waals surface area (Å²) in [4.78, 5) is 15.5. The van der Waals surface area contributed by atoms with Gasteiger partial charge in [-0.1, -0.05) is 28.9 Å². The number of benzene rings is 2. The van der Waals surface area contributed by atoms with E-state index in [0.29, 0.717) is 22.8 Å². The van der Waals surface area contributed by atoms with Gasteiger partial charge in [0.15, 0.2) is 0 Å². The molecule has 0 saturated heterocycles. The third-order valence-electron chi connectivity index (χ3n) is 3.97. The van der Waals surface area contributed by atoms with E-state index < -0.39 is 11.8 Å². The van der Waals surface area contributed by atoms with Crippen molar-refractivity contribution in [1.29, 1.82) is 0 Å². The summed E-state index contributed by atoms with van der Waals surface area (Å²) in [6, 6.07) is 11.3. The molecule has 30 heavy (non-hydrogen) atoms. The Hall–Kier alpha value is -3.46. The van der Waals surface area contributed by atoms with Crippen molar-refractivity contribution in [3.63, 3.8) is 0 Å². The molecule has 0 aliphatic heterocycles. The number of H-pyrrole nitrogens is 1. The standard InChI is InChI=1S/C20H14ClF3N2O4/c1-11-18(21)19(27)17(16(26-11)10-25-28)12-2-4-13(5-3-12)29-14-6-8-15(9-7-14)30-20(22,23)24/h2-10,28H,1H3,(H,26,27). The highest BCUT2D eigenvalue weighted by atomic mass is 35.5. The van der Waals surface area contributed by atoms with Gasteiger partial charge in [-0.3, -0.25) is 4.79 Å². The van der Waals surface area contributed by atoms with Crippen LogP contribution in [0.2, 0.25) is 5.02 Å². The number of hydrogen-bond acceptors (Lipinski definition) is 5. The molecule has 156 valence electrons. The van der Waals surface area contributed by atoms with E-state index in [4.69, 9.17) is 21.5 Å². The number of hydrogen-bond donors (Lipinski definition) is 2. The minimum atomic E-state index is -4.77. The number of rotatable bonds is 5. The maximum atomic E-state index is 12.6. The Balaban J connectivity index is 1.84. The van der Waals surface area contributed by atoms with E-state index in [1.165, 1.54) is 12.1 Å². The highest BCUT2D eigenvalue weighted by Gasteiger charge is 2.31. The second-order valence-corrected chi connectivity index (χ2v) is 6.45. The van der Waals surface area contributed by atoms with E-state index in [0.717, 1.165) is 18.3 Å². The second kappa shape index (κ2) is 8.50. The van der Waals surface area contributed by atoms with Crippen LogP contribution < -0.4 is 14.9 Å². The molecular formula is C20H14ClF3N2O4. The lowest BCUT2D eigenvalue weighted by Crippen LogP contribution is -2.16. The minimum absolute atomic E-state index is 0.0154. The third kappa shape index (κ3) is 4.93. The van der Waals surface area contributed by atoms with Crippen molar-refractivity contribution < 1.29 is 27.9 Å². The zero-order valence-corrected chi connectivity index (χ0v) is 16.1. The zero-order chi connectivity index (χ0) is 21.9. The molecule has 0 aliphatic carbocycles. The van der Waals surface area contributed by atoms with Crippen molar-refractivity contribution in [3.05, 3.63) is 75.2 Å². The van der Waals surface area contributed by atoms with E-state index in [9.17, 15) is 18.0 Å². The molecule has 0 radical (unpaired) electrons. The summed E-state index contributed by atoms with van der Waals surface area (Å²) >= 11 is 6.04. The highest BCUT2D eigenvalue weighted by Crippen LogP contribution is 2.29. The van der Waals surface area contributed by atoms with E-state index in [-0.39, 0.29) is 22.0 Å². The summed E-state index contributed by atoms with van der Waals surface area (Å²) in [6.45, 7) is 1.62. The van der Waals surface area contributed by atoms with Crippen LogP contribution in [0.1, 0.15) is 11.4 Å². The van der Waals surface area contributed by atoms with Gasteiger partial charge >= 0.3 is 6.36 Å². The monoisotopic (exact) mass is 438 g/mol. The molecule has 0 unspecified atom stereocenters. The van der Waals surface area contributed by atoms with Gasteiger partial charge in [0.05, 0.1) is 17.5 Å². The Morgan fingerprint density at radius 1 is 1.03 bits per heavy atom. The molecule has 0 atom stereocenters. The van der Waals surface area contributed by atoms with Gasteiger partial charge in [0.1, 0.15) is 22.3 Å². The number of aryl methyl sites for hydroxylation is 1. The molecule has 2 N–H and O–H groups in total. The van der Waals surface area contributed by atoms with Crippen LogP contribution in [-0.2, 0) is 0 Å². The molecule has 1 heterocycles. The Labute approximate surface area is 173 Å². The molecule has 0 fully saturated rings. The molecular weight excluding hydrogens is 425 g/mol. The lowest BCUT2D eigenvalue weighted by Gasteiger charge is -2.11. The zero-order valence-electron chi connectivity index (χ0n) is 15.3. The molecule has 6 nitrogen and oxygen atoms in total. The Morgan fingerprint density at radius 3 is 2.10 bits per heavy atom. The number of nitrogens with zero attached hydrogens (tertiary/aromatic N) is 1. The molecule has 0 spiro atoms. The Bertz CT molecular complexity index is 1130. The number of alkyl halides is 3. The summed E-state index contributed by atoms with van der Waals surface area (Å²) in [5.74, 6) is 0.315. The van der Waals surface area contributed by atoms with Gasteiger partial charge in [-0.15, -0.1) is 13.2 Å². The fourth-order valence-corrected chi connectivity index (χ4v) is 2.84. The quantitative estimate of drug-likeness (QED) is 0.313. The first kappa shape index (κ1) is 21.3. The molecule has 0 bridgehead atoms. The highest BCUT2D eigenvalue weighted by molar-refractivity contribution is 6.31. The first-order valence-corrected chi connectivity index (χ1v) is 8.79. The van der Waals surface area contributed by atoms with Crippen molar-refractivity contribution in [3.8, 4) is 28.4 Å². The largest absolute Gasteiger partial charge is 0.573 e. The number of aromatic nitrogens is 1. The van der Waals surface area contributed by atoms with Gasteiger partial charge in [0.2, 0.25) is 5.43 Å². The summed E-state index contributed by atoms with van der Waals surface area (Å²) in [6.07, 6.45) is -3.68. The average molecular weight is 439 g/mol. The molecule has 1 aromatic heterocycles. The molecule has 3 aromatic rings. The maximum Gasteiger partial charge on any atom is 0.573 e. The van der Waals surface area contributed by atoms with E-state index >= 15 is 0 Å². The Kier molecular flexibility index (Phi) is 6.02. The normalized spacial score (nSPS) is 11.6. The van der Waals surface area contributed by atoms with Crippen LogP contribution in [0.3, 0.4) is 0 Å². The number of oxime groups is 1. The summed E-state index contributed by atoms with van der Waals surface area (Å²) in [7, 11) is 0. The fraction of sp³-hybridized carbons (Fsp3) is 0.100. The van der Waals surface area contributed by atoms with Gasteiger partial charge in [-0.05, 0) is 48.9 Å². The maximum absolute atomic E-state index is 12.6. The van der Waals surface area contributed by atoms with Crippen LogP contribution in [0.4, 0.5) is 13.2 Å². The Morgan fingerprint density at radius 2 is 1.57 bits per heavy atom. The van der Waals surface area contributed by atoms with Gasteiger partial charge in [-0.2, -0.15) is 0 Å². The van der Waals surface area contributed by atoms with Crippen molar-refractivity contribution in [2.24, 2.45) is 5.16 Å². The summed E-state index contributed by atoms with van der Waals surface area (Å²) in [5.41, 5.74) is 0.978. The third-order valence-corrected chi connectivity index (χ3v) is 4.43. The molecule has 10 heteroatoms. The van der Waals surface area contributed by atoms with Crippen molar-refractivity contribution in [2.45, 2.75) is 13.3 Å². The van der Waals surface area contributed by atoms with Crippen LogP contribution >= 0.6 is 11.6 Å². The smallest absolute Gasteiger partial charge is 0.457 e. The number of halogens is 4. The van der Waals surface area contributed by atoms with E-state index in [1.54, 1.807) is 31.2 Å². The number of ether oxygens (including phenoxy) is 2. The lowest BCUT2D eigenvalue weighted by molar-refractivity contribution is -0.274. The lowest BCUT2D eigenvalue weighted by atomic mass is 10.0. The second-order valence-electron chi connectivity index (χ2n) is 6.07. The van der Waals surface area contributed by atoms with Crippen LogP contribution in [-0.4, -0.2) is 22.8 Å². The van der Waals surface area contributed by atoms with E-state index in [1.807, 2.05) is 0 Å². The number of nitrogens with one attached hydrogen (secondary N) is 1. The van der Waals surface area contributed by atoms with Crippen molar-refractivity contribution >= 4 is 17.8 Å². The van der Waals surface area contributed by atoms with Crippen molar-refractivity contribution in [1.82, 2.24) is 4.98 Å². The molecule has 0 amide bonds. The number of pyridine rings is 1. The van der Waals surface area contributed by atoms with Crippen LogP contribution in [0, 0.1) is 6.92 Å². The predicted octanol–water partition coefficient (Wildman–Crippen LogP) is 5.50. The van der Waals surface area contributed by atoms with Crippen LogP contribution in [0.15, 0.2) is 58.5 Å². The summed E-state index contributed by atoms with van der Waals surface area (Å²) in [5, 5.41) is 11.8. The van der Waals surface area contributed by atoms with Crippen molar-refractivity contribution in [2.75, 3.05) is 0 Å². The van der Waals surface area contributed by atoms with Crippen LogP contribution in [0.25, 0.3) is 11.1 Å². The first-order chi connectivity index (χ1) is 14.2. The van der Waals surface area contributed by atoms with Gasteiger partial charge in [0.25, 0.3) is 0 Å². The molecule has 0 aliphatic rings. The van der Waals surface area contributed by atoms with Crippen LogP contribution in [0.5, 0.6) is 17.2 Å². The van der Waals surface area contributed by atoms with Gasteiger partial charge in [-0.25, -0.2) is 0 Å². The molecule has 2 aromatic carbocycles. The average Bonchev–Trinajstić information content (AvgIpc) is 2.68. The topological polar surface area (TPSA) is 83.9 Å². The summed E-state index contributed by atoms with van der Waals surface area (Å²) < 4.78 is 46.0. The minimum Gasteiger partial charge on any atom is -0.457 e. The van der Waals surface area contributed by atoms with Gasteiger partial charge in [0, 0.05) is 5.69 Å². The molecule has 3 rings (SSSR count). The fourth-order valence-electron chi connectivity index (χ4n) is 2.70. The molecule has 0 saturated carbocycles.